The standard InChI is InChI=1S/C14H14.2C3H2.4Sb.Zr.2H/c1-3-7-13(8-4-1)11-12-14-9-5-2-6-10-14;2*1-3-2;;;;;;;/h1-10H,11-12H2;2*1,3H;;;;;;;/q;2*-1;;;;;+2;;. The Kier molecular flexibility index (Phi) is 27.7. The van der Waals surface area contributed by atoms with E-state index in [0.717, 1.165) is 12.8 Å². The molecule has 25 heavy (non-hydrogen) atoms. The zero-order chi connectivity index (χ0) is 17.9. The van der Waals surface area contributed by atoms with E-state index in [4.69, 9.17) is 0 Å². The van der Waals surface area contributed by atoms with Crippen LogP contribution in [0.1, 0.15) is 11.1 Å². The van der Waals surface area contributed by atoms with Crippen molar-refractivity contribution in [3.8, 4) is 0 Å². The molecule has 4 radical (unpaired) electrons. The molecule has 0 heterocycles. The first-order valence-electron chi connectivity index (χ1n) is 7.30. The monoisotopic (exact) mass is 834 g/mol. The van der Waals surface area contributed by atoms with Crippen molar-refractivity contribution in [2.24, 2.45) is 0 Å². The number of allylic oxidation sites excluding steroid dienone is 2. The van der Waals surface area contributed by atoms with Crippen LogP contribution in [-0.4, -0.2) is 99.0 Å². The van der Waals surface area contributed by atoms with Crippen molar-refractivity contribution < 1.29 is 26.2 Å². The predicted octanol–water partition coefficient (Wildman–Crippen LogP) is 1.97. The number of hydrogen-bond acceptors (Lipinski definition) is 0. The fourth-order valence-corrected chi connectivity index (χ4v) is 4.93. The van der Waals surface area contributed by atoms with E-state index in [9.17, 15) is 0 Å². The van der Waals surface area contributed by atoms with Gasteiger partial charge in [0.15, 0.2) is 0 Å². The maximum atomic E-state index is 2.91. The van der Waals surface area contributed by atoms with Crippen LogP contribution in [-0.2, 0) is 39.0 Å². The summed E-state index contributed by atoms with van der Waals surface area (Å²) in [4.78, 5) is 0. The van der Waals surface area contributed by atoms with Crippen LogP contribution in [0.15, 0.2) is 80.9 Å². The van der Waals surface area contributed by atoms with Crippen molar-refractivity contribution in [2.75, 3.05) is 0 Å². The average Bonchev–Trinajstić information content (AvgIpc) is 2.64. The Morgan fingerprint density at radius 1 is 0.680 bits per heavy atom. The molecule has 5 heteroatoms. The van der Waals surface area contributed by atoms with Crippen LogP contribution >= 0.6 is 0 Å². The fourth-order valence-electron chi connectivity index (χ4n) is 1.65. The van der Waals surface area contributed by atoms with Gasteiger partial charge in [0.1, 0.15) is 0 Å². The molecule has 0 spiro atoms. The van der Waals surface area contributed by atoms with Gasteiger partial charge in [-0.2, -0.15) is 0 Å². The zero-order valence-corrected chi connectivity index (χ0v) is 27.2. The van der Waals surface area contributed by atoms with Gasteiger partial charge in [-0.05, 0) is 24.0 Å². The van der Waals surface area contributed by atoms with Gasteiger partial charge in [0, 0.05) is 0 Å². The fraction of sp³-hybridized carbons (Fsp3) is 0.100. The Bertz CT molecular complexity index is 540. The van der Waals surface area contributed by atoms with Gasteiger partial charge in [0.2, 0.25) is 0 Å². The Balaban J connectivity index is 0. The summed E-state index contributed by atoms with van der Waals surface area (Å²) in [5, 5.41) is 0. The van der Waals surface area contributed by atoms with Crippen LogP contribution in [0.3, 0.4) is 0 Å². The largest absolute Gasteiger partial charge is 2.00 e. The SMILES string of the molecule is [Sb]=[C-]C=[CH][SbH].[Sb]=[C-]C=[CH][SbH].[Zr+2].c1ccc(CCc2ccccc2)cc1. The van der Waals surface area contributed by atoms with Crippen molar-refractivity contribution in [3.05, 3.63) is 92.0 Å². The number of rotatable bonds is 5. The minimum absolute atomic E-state index is 0. The van der Waals surface area contributed by atoms with Crippen molar-refractivity contribution in [2.45, 2.75) is 12.8 Å². The summed E-state index contributed by atoms with van der Waals surface area (Å²) < 4.78 is 9.91. The second kappa shape index (κ2) is 23.9. The van der Waals surface area contributed by atoms with E-state index in [1.807, 2.05) is 20.2 Å². The number of hydrogen-bond donors (Lipinski definition) is 0. The normalized spacial score (nSPS) is 9.20. The zero-order valence-electron chi connectivity index (χ0n) is 13.9. The van der Waals surface area contributed by atoms with Crippen LogP contribution in [0.2, 0.25) is 0 Å². The van der Waals surface area contributed by atoms with Crippen molar-refractivity contribution in [1.29, 1.82) is 0 Å². The van der Waals surface area contributed by atoms with Gasteiger partial charge in [-0.3, -0.25) is 0 Å². The maximum Gasteiger partial charge on any atom is 2.00 e. The summed E-state index contributed by atoms with van der Waals surface area (Å²) in [5.41, 5.74) is 2.83. The van der Waals surface area contributed by atoms with Crippen LogP contribution in [0.25, 0.3) is 0 Å². The van der Waals surface area contributed by atoms with Crippen LogP contribution < -0.4 is 0 Å². The minimum Gasteiger partial charge on any atom is -0.0622 e. The van der Waals surface area contributed by atoms with Crippen LogP contribution in [0.5, 0.6) is 0 Å². The van der Waals surface area contributed by atoms with Crippen LogP contribution in [0, 0.1) is 0 Å². The molecule has 0 fully saturated rings. The smallest absolute Gasteiger partial charge is 0.0622 e. The molecule has 0 bridgehead atoms. The molecule has 2 aromatic carbocycles. The second-order valence-corrected chi connectivity index (χ2v) is 7.77. The molecule has 0 nitrogen and oxygen atoms in total. The third kappa shape index (κ3) is 20.4. The van der Waals surface area contributed by atoms with E-state index in [1.54, 1.807) is 45.1 Å². The molecule has 0 saturated heterocycles. The summed E-state index contributed by atoms with van der Waals surface area (Å²) in [7, 11) is 0. The van der Waals surface area contributed by atoms with Gasteiger partial charge in [-0.1, -0.05) is 60.7 Å². The molecule has 2 rings (SSSR count). The molecule has 0 aliphatic heterocycles. The summed E-state index contributed by atoms with van der Waals surface area (Å²) in [6.07, 6.45) is 6.13. The summed E-state index contributed by atoms with van der Waals surface area (Å²) in [5.74, 6) is 0. The molecule has 0 N–H and O–H groups in total. The molecular weight excluding hydrogens is 818 g/mol. The molecule has 2 aromatic rings. The van der Waals surface area contributed by atoms with Crippen molar-refractivity contribution in [3.63, 3.8) is 0 Å². The third-order valence-corrected chi connectivity index (χ3v) is 4.51. The Hall–Kier alpha value is 1.82. The van der Waals surface area contributed by atoms with Gasteiger partial charge in [0.05, 0.1) is 0 Å². The predicted molar refractivity (Wildman–Crippen MR) is 114 cm³/mol. The van der Waals surface area contributed by atoms with Gasteiger partial charge < -0.3 is 0 Å². The van der Waals surface area contributed by atoms with Crippen LogP contribution in [0.4, 0.5) is 0 Å². The molecule has 0 atom stereocenters. The minimum atomic E-state index is 0. The van der Waals surface area contributed by atoms with E-state index < -0.39 is 0 Å². The summed E-state index contributed by atoms with van der Waals surface area (Å²) in [6, 6.07) is 21.2. The van der Waals surface area contributed by atoms with E-state index in [0.29, 0.717) is 0 Å². The quantitative estimate of drug-likeness (QED) is 0.320. The number of aryl methyl sites for hydroxylation is 2. The molecule has 0 unspecified atom stereocenters. The Labute approximate surface area is 226 Å². The van der Waals surface area contributed by atoms with Gasteiger partial charge in [0.25, 0.3) is 0 Å². The third-order valence-electron chi connectivity index (χ3n) is 2.70. The first kappa shape index (κ1) is 29.0. The van der Waals surface area contributed by atoms with Gasteiger partial charge in [-0.25, -0.2) is 0 Å². The first-order valence-corrected chi connectivity index (χ1v) is 13.1. The van der Waals surface area contributed by atoms with E-state index >= 15 is 0 Å². The molecule has 0 saturated carbocycles. The first-order chi connectivity index (χ1) is 11.8. The van der Waals surface area contributed by atoms with E-state index in [2.05, 4.69) is 68.6 Å². The molecule has 124 valence electrons. The van der Waals surface area contributed by atoms with Crippen molar-refractivity contribution in [1.82, 2.24) is 0 Å². The van der Waals surface area contributed by atoms with E-state index in [1.165, 1.54) is 57.2 Å². The Morgan fingerprint density at radius 2 is 1.00 bits per heavy atom. The van der Waals surface area contributed by atoms with E-state index in [-0.39, 0.29) is 26.2 Å². The van der Waals surface area contributed by atoms with Gasteiger partial charge >= 0.3 is 145 Å². The molecular formula is C20H20Sb4Zr. The number of benzene rings is 2. The molecule has 0 aliphatic carbocycles. The average molecular weight is 839 g/mol. The maximum absolute atomic E-state index is 2.91. The van der Waals surface area contributed by atoms with Gasteiger partial charge in [-0.15, -0.1) is 0 Å². The van der Waals surface area contributed by atoms with Crippen molar-refractivity contribution >= 4 is 99.0 Å². The Morgan fingerprint density at radius 3 is 1.20 bits per heavy atom. The second-order valence-electron chi connectivity index (χ2n) is 4.40. The molecule has 0 aromatic heterocycles. The molecule has 0 amide bonds. The molecule has 0 aliphatic rings. The summed E-state index contributed by atoms with van der Waals surface area (Å²) >= 11 is 6.09. The topological polar surface area (TPSA) is 0 Å². The summed E-state index contributed by atoms with van der Waals surface area (Å²) in [6.45, 7) is 0.